The molecule has 1 aliphatic heterocycles. The summed E-state index contributed by atoms with van der Waals surface area (Å²) >= 11 is 0. The summed E-state index contributed by atoms with van der Waals surface area (Å²) in [5.41, 5.74) is 0.692. The third-order valence-corrected chi connectivity index (χ3v) is 4.29. The predicted molar refractivity (Wildman–Crippen MR) is 81.9 cm³/mol. The number of aryl methyl sites for hydroxylation is 1. The van der Waals surface area contributed by atoms with Crippen LogP contribution in [0.2, 0.25) is 0 Å². The van der Waals surface area contributed by atoms with Gasteiger partial charge in [0.15, 0.2) is 0 Å². The average Bonchev–Trinajstić information content (AvgIpc) is 2.74. The van der Waals surface area contributed by atoms with Crippen LogP contribution < -0.4 is 0 Å². The lowest BCUT2D eigenvalue weighted by molar-refractivity contribution is -0.145. The van der Waals surface area contributed by atoms with Gasteiger partial charge in [-0.05, 0) is 32.9 Å². The topological polar surface area (TPSA) is 45.9 Å². The molecule has 0 aromatic carbocycles. The van der Waals surface area contributed by atoms with Crippen LogP contribution in [0.1, 0.15) is 41.3 Å². The number of esters is 1. The molecule has 1 saturated heterocycles. The van der Waals surface area contributed by atoms with Crippen molar-refractivity contribution in [3.05, 3.63) is 23.2 Å². The van der Waals surface area contributed by atoms with Crippen LogP contribution >= 0.6 is 0 Å². The molecule has 1 aliphatic rings. The Hall–Kier alpha value is -1.54. The van der Waals surface area contributed by atoms with E-state index in [2.05, 4.69) is 9.64 Å². The average molecular weight is 348 g/mol. The summed E-state index contributed by atoms with van der Waals surface area (Å²) in [4.78, 5) is 15.1. The second-order valence-electron chi connectivity index (χ2n) is 6.11. The van der Waals surface area contributed by atoms with Crippen LogP contribution in [-0.2, 0) is 4.74 Å². The van der Waals surface area contributed by atoms with Gasteiger partial charge in [-0.1, -0.05) is 0 Å². The van der Waals surface area contributed by atoms with Crippen molar-refractivity contribution in [3.63, 3.8) is 0 Å². The molecule has 0 N–H and O–H groups in total. The molecule has 136 valence electrons. The van der Waals surface area contributed by atoms with Crippen molar-refractivity contribution in [2.75, 3.05) is 39.8 Å². The maximum atomic E-state index is 12.5. The zero-order chi connectivity index (χ0) is 17.9. The van der Waals surface area contributed by atoms with Gasteiger partial charge in [-0.3, -0.25) is 9.80 Å². The van der Waals surface area contributed by atoms with E-state index in [9.17, 15) is 18.0 Å². The summed E-state index contributed by atoms with van der Waals surface area (Å²) in [6.07, 6.45) is -3.52. The van der Waals surface area contributed by atoms with Crippen LogP contribution in [0.15, 0.2) is 10.5 Å². The van der Waals surface area contributed by atoms with Crippen LogP contribution in [0.3, 0.4) is 0 Å². The number of rotatable bonds is 4. The first-order valence-corrected chi connectivity index (χ1v) is 7.93. The second-order valence-corrected chi connectivity index (χ2v) is 6.11. The van der Waals surface area contributed by atoms with Gasteiger partial charge in [0.1, 0.15) is 5.76 Å². The van der Waals surface area contributed by atoms with Crippen molar-refractivity contribution < 1.29 is 27.1 Å². The number of hydrogen-bond donors (Lipinski definition) is 0. The lowest BCUT2D eigenvalue weighted by Crippen LogP contribution is -2.37. The first-order valence-electron chi connectivity index (χ1n) is 7.93. The Morgan fingerprint density at radius 2 is 2.04 bits per heavy atom. The van der Waals surface area contributed by atoms with Crippen molar-refractivity contribution >= 4 is 5.97 Å². The molecule has 1 aromatic rings. The fraction of sp³-hybridized carbons (Fsp3) is 0.688. The fourth-order valence-corrected chi connectivity index (χ4v) is 2.98. The van der Waals surface area contributed by atoms with Crippen LogP contribution in [-0.4, -0.2) is 61.8 Å². The van der Waals surface area contributed by atoms with Gasteiger partial charge in [-0.2, -0.15) is 13.2 Å². The Bertz CT molecular complexity index is 571. The van der Waals surface area contributed by atoms with Gasteiger partial charge in [0.2, 0.25) is 5.76 Å². The summed E-state index contributed by atoms with van der Waals surface area (Å²) in [6, 6.07) is 1.67. The van der Waals surface area contributed by atoms with E-state index in [1.165, 1.54) is 12.0 Å². The minimum Gasteiger partial charge on any atom is -0.463 e. The van der Waals surface area contributed by atoms with Crippen molar-refractivity contribution in [2.45, 2.75) is 32.5 Å². The molecule has 8 heteroatoms. The molecule has 1 atom stereocenters. The zero-order valence-corrected chi connectivity index (χ0v) is 14.2. The van der Waals surface area contributed by atoms with Gasteiger partial charge >= 0.3 is 12.1 Å². The van der Waals surface area contributed by atoms with Gasteiger partial charge in [0, 0.05) is 25.2 Å². The Morgan fingerprint density at radius 3 is 2.67 bits per heavy atom. The van der Waals surface area contributed by atoms with E-state index in [0.29, 0.717) is 43.9 Å². The molecule has 0 aliphatic carbocycles. The first-order chi connectivity index (χ1) is 11.2. The predicted octanol–water partition coefficient (Wildman–Crippen LogP) is 3.01. The minimum absolute atomic E-state index is 0.118. The summed E-state index contributed by atoms with van der Waals surface area (Å²) in [5, 5.41) is 0. The van der Waals surface area contributed by atoms with Crippen LogP contribution in [0, 0.1) is 6.92 Å². The number of carbonyl (C=O) groups is 1. The summed E-state index contributed by atoms with van der Waals surface area (Å²) in [5.74, 6) is 0.267. The number of alkyl halides is 3. The molecular weight excluding hydrogens is 325 g/mol. The molecule has 2 rings (SSSR count). The molecule has 0 spiro atoms. The smallest absolute Gasteiger partial charge is 0.401 e. The quantitative estimate of drug-likeness (QED) is 0.783. The second kappa shape index (κ2) is 7.57. The summed E-state index contributed by atoms with van der Waals surface area (Å²) < 4.78 is 47.9. The SMILES string of the molecule is COC(=O)c1oc(C(C)N2CCCN(CC(F)(F)F)CC2)cc1C. The Morgan fingerprint density at radius 1 is 1.33 bits per heavy atom. The molecule has 1 fully saturated rings. The fourth-order valence-electron chi connectivity index (χ4n) is 2.98. The maximum absolute atomic E-state index is 12.5. The highest BCUT2D eigenvalue weighted by atomic mass is 19.4. The van der Waals surface area contributed by atoms with E-state index in [4.69, 9.17) is 4.42 Å². The van der Waals surface area contributed by atoms with Gasteiger partial charge in [0.05, 0.1) is 19.7 Å². The normalized spacial score (nSPS) is 19.1. The molecule has 0 saturated carbocycles. The monoisotopic (exact) mass is 348 g/mol. The number of hydrogen-bond acceptors (Lipinski definition) is 5. The third-order valence-electron chi connectivity index (χ3n) is 4.29. The Labute approximate surface area is 139 Å². The minimum atomic E-state index is -4.17. The highest BCUT2D eigenvalue weighted by molar-refractivity contribution is 5.87. The number of halogens is 3. The number of nitrogens with zero attached hydrogens (tertiary/aromatic N) is 2. The highest BCUT2D eigenvalue weighted by Crippen LogP contribution is 2.27. The molecular formula is C16H23F3N2O3. The highest BCUT2D eigenvalue weighted by Gasteiger charge is 2.32. The van der Waals surface area contributed by atoms with Gasteiger partial charge < -0.3 is 9.15 Å². The van der Waals surface area contributed by atoms with Crippen molar-refractivity contribution in [1.29, 1.82) is 0 Å². The van der Waals surface area contributed by atoms with E-state index >= 15 is 0 Å². The Balaban J connectivity index is 2.02. The van der Waals surface area contributed by atoms with Gasteiger partial charge in [-0.15, -0.1) is 0 Å². The van der Waals surface area contributed by atoms with Crippen LogP contribution in [0.4, 0.5) is 13.2 Å². The summed E-state index contributed by atoms with van der Waals surface area (Å²) in [6.45, 7) is 4.80. The van der Waals surface area contributed by atoms with Crippen molar-refractivity contribution in [3.8, 4) is 0 Å². The van der Waals surface area contributed by atoms with E-state index in [1.807, 2.05) is 6.92 Å². The van der Waals surface area contributed by atoms with Crippen molar-refractivity contribution in [2.24, 2.45) is 0 Å². The number of carbonyl (C=O) groups excluding carboxylic acids is 1. The molecule has 0 radical (unpaired) electrons. The van der Waals surface area contributed by atoms with Gasteiger partial charge in [0.25, 0.3) is 0 Å². The van der Waals surface area contributed by atoms with Crippen molar-refractivity contribution in [1.82, 2.24) is 9.80 Å². The molecule has 2 heterocycles. The van der Waals surface area contributed by atoms with Crippen LogP contribution in [0.5, 0.6) is 0 Å². The lowest BCUT2D eigenvalue weighted by atomic mass is 10.2. The number of ether oxygens (including phenoxy) is 1. The number of methoxy groups -OCH3 is 1. The zero-order valence-electron chi connectivity index (χ0n) is 14.2. The first kappa shape index (κ1) is 18.8. The lowest BCUT2D eigenvalue weighted by Gasteiger charge is -2.26. The van der Waals surface area contributed by atoms with E-state index in [-0.39, 0.29) is 11.8 Å². The van der Waals surface area contributed by atoms with E-state index in [0.717, 1.165) is 0 Å². The third kappa shape index (κ3) is 4.73. The molecule has 24 heavy (non-hydrogen) atoms. The molecule has 1 unspecified atom stereocenters. The largest absolute Gasteiger partial charge is 0.463 e. The Kier molecular flexibility index (Phi) is 5.92. The maximum Gasteiger partial charge on any atom is 0.401 e. The molecule has 5 nitrogen and oxygen atoms in total. The van der Waals surface area contributed by atoms with Gasteiger partial charge in [-0.25, -0.2) is 4.79 Å². The van der Waals surface area contributed by atoms with E-state index < -0.39 is 18.7 Å². The van der Waals surface area contributed by atoms with Crippen LogP contribution in [0.25, 0.3) is 0 Å². The van der Waals surface area contributed by atoms with E-state index in [1.54, 1.807) is 13.0 Å². The molecule has 1 aromatic heterocycles. The number of furan rings is 1. The standard InChI is InChI=1S/C16H23F3N2O3/c1-11-9-13(24-14(11)15(22)23-3)12(2)21-6-4-5-20(7-8-21)10-16(17,18)19/h9,12H,4-8,10H2,1-3H3. The summed E-state index contributed by atoms with van der Waals surface area (Å²) in [7, 11) is 1.29. The molecule has 0 bridgehead atoms. The molecule has 0 amide bonds.